The summed E-state index contributed by atoms with van der Waals surface area (Å²) in [5, 5.41) is 44.8. The predicted molar refractivity (Wildman–Crippen MR) is 117 cm³/mol. The first-order valence-corrected chi connectivity index (χ1v) is 12.8. The van der Waals surface area contributed by atoms with E-state index in [1.165, 1.54) is 0 Å². The van der Waals surface area contributed by atoms with Crippen LogP contribution in [0.25, 0.3) is 0 Å². The molecule has 2 unspecified atom stereocenters. The standard InChI is InChI=1S/C20H33ClF2N2O7S/c1-8(21)11(17-14(27)13(26)15(28)19(32-17)33-2)25-18(29)12-16-10(7-24-12)5-9(3-4-31-16)6-20(22,23)30/h8-17,19,24,26-28,30H,3-7H2,1-2H3,(H,25,29)/t8-,9+,10-,11+,12-,13+,14?,15+,16+,17+,19?/m0/s1. The Balaban J connectivity index is 1.68. The summed E-state index contributed by atoms with van der Waals surface area (Å²) in [6, 6.07) is -1.66. The summed E-state index contributed by atoms with van der Waals surface area (Å²) >= 11 is 7.46. The van der Waals surface area contributed by atoms with Gasteiger partial charge < -0.3 is 40.5 Å². The number of carbonyl (C=O) groups is 1. The largest absolute Gasteiger partial charge is 0.388 e. The molecule has 0 radical (unpaired) electrons. The maximum Gasteiger partial charge on any atom is 0.353 e. The minimum absolute atomic E-state index is 0.183. The van der Waals surface area contributed by atoms with Crippen molar-refractivity contribution in [1.29, 1.82) is 0 Å². The first-order valence-electron chi connectivity index (χ1n) is 11.0. The zero-order valence-corrected chi connectivity index (χ0v) is 20.0. The molecular weight excluding hydrogens is 486 g/mol. The summed E-state index contributed by atoms with van der Waals surface area (Å²) in [5.41, 5.74) is -0.816. The van der Waals surface area contributed by atoms with Crippen LogP contribution in [0.2, 0.25) is 0 Å². The number of rotatable bonds is 7. The zero-order valence-electron chi connectivity index (χ0n) is 18.4. The highest BCUT2D eigenvalue weighted by atomic mass is 35.5. The third-order valence-electron chi connectivity index (χ3n) is 6.68. The van der Waals surface area contributed by atoms with Crippen molar-refractivity contribution in [2.45, 2.75) is 85.7 Å². The number of fused-ring (bicyclic) bond motifs is 1. The second kappa shape index (κ2) is 11.2. The second-order valence-electron chi connectivity index (χ2n) is 9.13. The van der Waals surface area contributed by atoms with Crippen molar-refractivity contribution in [3.05, 3.63) is 0 Å². The molecule has 13 heteroatoms. The third-order valence-corrected chi connectivity index (χ3v) is 7.80. The smallest absolute Gasteiger partial charge is 0.353 e. The van der Waals surface area contributed by atoms with E-state index in [4.69, 9.17) is 26.2 Å². The number of nitrogens with one attached hydrogen (secondary N) is 2. The zero-order chi connectivity index (χ0) is 24.5. The molecule has 11 atom stereocenters. The Hall–Kier alpha value is -0.310. The molecule has 3 saturated heterocycles. The number of halogens is 3. The molecule has 0 aliphatic carbocycles. The molecule has 3 aliphatic rings. The number of aliphatic hydroxyl groups is 4. The monoisotopic (exact) mass is 518 g/mol. The molecule has 1 amide bonds. The Morgan fingerprint density at radius 1 is 1.30 bits per heavy atom. The van der Waals surface area contributed by atoms with Crippen molar-refractivity contribution in [1.82, 2.24) is 10.6 Å². The van der Waals surface area contributed by atoms with Crippen LogP contribution in [-0.2, 0) is 14.3 Å². The van der Waals surface area contributed by atoms with Crippen molar-refractivity contribution >= 4 is 29.3 Å². The summed E-state index contributed by atoms with van der Waals surface area (Å²) in [7, 11) is 0. The van der Waals surface area contributed by atoms with Gasteiger partial charge in [0.2, 0.25) is 5.91 Å². The van der Waals surface area contributed by atoms with Gasteiger partial charge in [-0.15, -0.1) is 23.4 Å². The molecule has 9 nitrogen and oxygen atoms in total. The lowest BCUT2D eigenvalue weighted by Gasteiger charge is -2.44. The maximum absolute atomic E-state index is 13.2. The lowest BCUT2D eigenvalue weighted by Crippen LogP contribution is -2.65. The molecular formula is C20H33ClF2N2O7S. The van der Waals surface area contributed by atoms with Crippen LogP contribution in [0.5, 0.6) is 0 Å². The van der Waals surface area contributed by atoms with Gasteiger partial charge in [-0.2, -0.15) is 8.78 Å². The van der Waals surface area contributed by atoms with Crippen LogP contribution in [0.15, 0.2) is 0 Å². The van der Waals surface area contributed by atoms with E-state index in [9.17, 15) is 28.9 Å². The lowest BCUT2D eigenvalue weighted by molar-refractivity contribution is -0.211. The fourth-order valence-corrected chi connectivity index (χ4v) is 5.89. The van der Waals surface area contributed by atoms with Crippen LogP contribution in [0.4, 0.5) is 8.78 Å². The van der Waals surface area contributed by atoms with E-state index in [2.05, 4.69) is 10.6 Å². The molecule has 0 aromatic rings. The number of aliphatic hydroxyl groups excluding tert-OH is 3. The van der Waals surface area contributed by atoms with Gasteiger partial charge in [0.05, 0.1) is 17.5 Å². The van der Waals surface area contributed by atoms with Crippen molar-refractivity contribution in [3.8, 4) is 0 Å². The van der Waals surface area contributed by atoms with Crippen LogP contribution >= 0.6 is 23.4 Å². The van der Waals surface area contributed by atoms with Crippen molar-refractivity contribution < 1.29 is 43.5 Å². The highest BCUT2D eigenvalue weighted by Crippen LogP contribution is 2.35. The van der Waals surface area contributed by atoms with Crippen LogP contribution in [-0.4, -0.2) is 105 Å². The number of alkyl halides is 3. The average Bonchev–Trinajstić information content (AvgIpc) is 3.01. The Bertz CT molecular complexity index is 675. The van der Waals surface area contributed by atoms with E-state index in [1.54, 1.807) is 13.2 Å². The summed E-state index contributed by atoms with van der Waals surface area (Å²) in [6.45, 7) is 2.19. The van der Waals surface area contributed by atoms with E-state index in [0.717, 1.165) is 11.8 Å². The SMILES string of the molecule is CSC1O[C@H]([C@H](NC(=O)[C@H]2NC[C@@H]3C[C@H](CC(O)(F)F)CCO[C@H]32)[C@H](C)Cl)C(O)[C@@H](O)[C@H]1O. The maximum atomic E-state index is 13.2. The molecule has 0 spiro atoms. The highest BCUT2D eigenvalue weighted by molar-refractivity contribution is 7.99. The van der Waals surface area contributed by atoms with Gasteiger partial charge in [0.15, 0.2) is 0 Å². The first kappa shape index (κ1) is 27.3. The van der Waals surface area contributed by atoms with E-state index in [-0.39, 0.29) is 12.5 Å². The quantitative estimate of drug-likeness (QED) is 0.249. The molecule has 3 rings (SSSR count). The van der Waals surface area contributed by atoms with E-state index < -0.39 is 77.8 Å². The minimum Gasteiger partial charge on any atom is -0.388 e. The van der Waals surface area contributed by atoms with Crippen molar-refractivity contribution in [2.24, 2.45) is 11.8 Å². The van der Waals surface area contributed by atoms with Crippen LogP contribution < -0.4 is 10.6 Å². The molecule has 0 aromatic heterocycles. The Morgan fingerprint density at radius 3 is 2.61 bits per heavy atom. The van der Waals surface area contributed by atoms with Crippen molar-refractivity contribution in [2.75, 3.05) is 19.4 Å². The summed E-state index contributed by atoms with van der Waals surface area (Å²) in [6.07, 6.45) is -7.84. The van der Waals surface area contributed by atoms with E-state index in [0.29, 0.717) is 19.4 Å². The van der Waals surface area contributed by atoms with Gasteiger partial charge in [0.25, 0.3) is 0 Å². The molecule has 3 heterocycles. The van der Waals surface area contributed by atoms with Crippen LogP contribution in [0.1, 0.15) is 26.2 Å². The summed E-state index contributed by atoms with van der Waals surface area (Å²) in [5.74, 6) is -1.07. The first-order chi connectivity index (χ1) is 15.4. The van der Waals surface area contributed by atoms with Gasteiger partial charge in [0, 0.05) is 19.6 Å². The molecule has 0 saturated carbocycles. The molecule has 3 aliphatic heterocycles. The third kappa shape index (κ3) is 6.47. The normalized spacial score (nSPS) is 41.7. The fraction of sp³-hybridized carbons (Fsp3) is 0.950. The van der Waals surface area contributed by atoms with E-state index >= 15 is 0 Å². The fourth-order valence-electron chi connectivity index (χ4n) is 5.00. The highest BCUT2D eigenvalue weighted by Gasteiger charge is 2.50. The van der Waals surface area contributed by atoms with E-state index in [1.807, 2.05) is 0 Å². The van der Waals surface area contributed by atoms with Gasteiger partial charge in [-0.25, -0.2) is 0 Å². The van der Waals surface area contributed by atoms with Gasteiger partial charge in [-0.05, 0) is 37.9 Å². The molecule has 3 fully saturated rings. The summed E-state index contributed by atoms with van der Waals surface area (Å²) in [4.78, 5) is 13.2. The number of thioether (sulfide) groups is 1. The van der Waals surface area contributed by atoms with Gasteiger partial charge >= 0.3 is 6.11 Å². The van der Waals surface area contributed by atoms with Crippen molar-refractivity contribution in [3.63, 3.8) is 0 Å². The number of hydrogen-bond acceptors (Lipinski definition) is 9. The number of hydrogen-bond donors (Lipinski definition) is 6. The van der Waals surface area contributed by atoms with Gasteiger partial charge in [-0.3, -0.25) is 4.79 Å². The predicted octanol–water partition coefficient (Wildman–Crippen LogP) is -0.372. The van der Waals surface area contributed by atoms with Crippen LogP contribution in [0.3, 0.4) is 0 Å². The number of amides is 1. The average molecular weight is 519 g/mol. The number of carbonyl (C=O) groups excluding carboxylic acids is 1. The summed E-state index contributed by atoms with van der Waals surface area (Å²) < 4.78 is 37.8. The molecule has 192 valence electrons. The van der Waals surface area contributed by atoms with Crippen LogP contribution in [0, 0.1) is 11.8 Å². The second-order valence-corrected chi connectivity index (χ2v) is 10.8. The molecule has 6 N–H and O–H groups in total. The topological polar surface area (TPSA) is 141 Å². The minimum atomic E-state index is -3.75. The Kier molecular flexibility index (Phi) is 9.24. The molecule has 33 heavy (non-hydrogen) atoms. The Morgan fingerprint density at radius 2 is 2.00 bits per heavy atom. The lowest BCUT2D eigenvalue weighted by atomic mass is 9.87. The number of ether oxygens (including phenoxy) is 2. The molecule has 0 bridgehead atoms. The molecule has 0 aromatic carbocycles. The van der Waals surface area contributed by atoms with Gasteiger partial charge in [0.1, 0.15) is 35.9 Å². The Labute approximate surface area is 200 Å². The van der Waals surface area contributed by atoms with Gasteiger partial charge in [-0.1, -0.05) is 0 Å².